The van der Waals surface area contributed by atoms with Gasteiger partial charge in [0.1, 0.15) is 0 Å². The summed E-state index contributed by atoms with van der Waals surface area (Å²) in [5.41, 5.74) is 3.51. The lowest BCUT2D eigenvalue weighted by molar-refractivity contribution is 1.31. The summed E-state index contributed by atoms with van der Waals surface area (Å²) in [7, 11) is 0. The molecule has 0 bridgehead atoms. The van der Waals surface area contributed by atoms with Crippen LogP contribution in [0, 0.1) is 0 Å². The van der Waals surface area contributed by atoms with E-state index in [-0.39, 0.29) is 0 Å². The van der Waals surface area contributed by atoms with Crippen LogP contribution in [0.25, 0.3) is 52.5 Å². The standard InChI is InChI=1S/C36H23NS/c1-2-10-25-21-27(18-17-24(25)9-1)37(28-19-20-36-33(23-28)32-15-7-8-16-35(32)38-36)34-22-26-11-3-4-12-29(26)30-13-5-6-14-31(30)34/h1-23H. The van der Waals surface area contributed by atoms with E-state index in [1.807, 2.05) is 11.3 Å². The quantitative estimate of drug-likeness (QED) is 0.218. The van der Waals surface area contributed by atoms with Gasteiger partial charge in [-0.05, 0) is 69.4 Å². The molecule has 1 nitrogen and oxygen atoms in total. The van der Waals surface area contributed by atoms with Crippen molar-refractivity contribution in [1.29, 1.82) is 0 Å². The molecule has 38 heavy (non-hydrogen) atoms. The van der Waals surface area contributed by atoms with Crippen LogP contribution >= 0.6 is 11.3 Å². The summed E-state index contributed by atoms with van der Waals surface area (Å²) < 4.78 is 2.64. The lowest BCUT2D eigenvalue weighted by Crippen LogP contribution is -2.10. The Morgan fingerprint density at radius 3 is 1.84 bits per heavy atom. The van der Waals surface area contributed by atoms with Crippen LogP contribution in [0.4, 0.5) is 17.1 Å². The Bertz CT molecular complexity index is 2150. The molecule has 7 aromatic carbocycles. The van der Waals surface area contributed by atoms with Crippen molar-refractivity contribution in [2.75, 3.05) is 4.90 Å². The lowest BCUT2D eigenvalue weighted by Gasteiger charge is -2.28. The van der Waals surface area contributed by atoms with Crippen molar-refractivity contribution in [1.82, 2.24) is 0 Å². The highest BCUT2D eigenvalue weighted by Crippen LogP contribution is 2.44. The predicted octanol–water partition coefficient (Wildman–Crippen LogP) is 11.0. The normalized spacial score (nSPS) is 11.7. The van der Waals surface area contributed by atoms with E-state index in [1.54, 1.807) is 0 Å². The lowest BCUT2D eigenvalue weighted by atomic mass is 9.98. The zero-order chi connectivity index (χ0) is 25.1. The topological polar surface area (TPSA) is 3.24 Å². The van der Waals surface area contributed by atoms with E-state index in [0.29, 0.717) is 0 Å². The molecule has 1 aromatic heterocycles. The molecule has 0 amide bonds. The number of nitrogens with zero attached hydrogens (tertiary/aromatic N) is 1. The van der Waals surface area contributed by atoms with Gasteiger partial charge in [0, 0.05) is 36.9 Å². The third kappa shape index (κ3) is 3.31. The molecule has 178 valence electrons. The molecule has 0 saturated heterocycles. The first-order valence-electron chi connectivity index (χ1n) is 12.9. The largest absolute Gasteiger partial charge is 0.310 e. The van der Waals surface area contributed by atoms with Gasteiger partial charge in [0.2, 0.25) is 0 Å². The summed E-state index contributed by atoms with van der Waals surface area (Å²) in [6.45, 7) is 0. The molecule has 0 N–H and O–H groups in total. The number of benzene rings is 7. The summed E-state index contributed by atoms with van der Waals surface area (Å²) in [5, 5.41) is 10.2. The van der Waals surface area contributed by atoms with Crippen LogP contribution < -0.4 is 4.90 Å². The summed E-state index contributed by atoms with van der Waals surface area (Å²) in [5.74, 6) is 0. The van der Waals surface area contributed by atoms with Crippen molar-refractivity contribution in [3.63, 3.8) is 0 Å². The number of thiophene rings is 1. The molecule has 0 unspecified atom stereocenters. The predicted molar refractivity (Wildman–Crippen MR) is 167 cm³/mol. The maximum absolute atomic E-state index is 2.44. The number of hydrogen-bond donors (Lipinski definition) is 0. The third-order valence-electron chi connectivity index (χ3n) is 7.60. The third-order valence-corrected chi connectivity index (χ3v) is 8.75. The smallest absolute Gasteiger partial charge is 0.0546 e. The van der Waals surface area contributed by atoms with E-state index >= 15 is 0 Å². The van der Waals surface area contributed by atoms with Gasteiger partial charge in [-0.3, -0.25) is 0 Å². The highest BCUT2D eigenvalue weighted by atomic mass is 32.1. The van der Waals surface area contributed by atoms with Crippen LogP contribution in [0.3, 0.4) is 0 Å². The highest BCUT2D eigenvalue weighted by Gasteiger charge is 2.18. The van der Waals surface area contributed by atoms with Gasteiger partial charge in [0.05, 0.1) is 5.69 Å². The van der Waals surface area contributed by atoms with E-state index in [0.717, 1.165) is 11.4 Å². The van der Waals surface area contributed by atoms with E-state index < -0.39 is 0 Å². The molecule has 0 aliphatic carbocycles. The van der Waals surface area contributed by atoms with Crippen LogP contribution in [-0.4, -0.2) is 0 Å². The first kappa shape index (κ1) is 21.4. The number of anilines is 3. The fourth-order valence-electron chi connectivity index (χ4n) is 5.82. The molecule has 0 atom stereocenters. The molecule has 0 aliphatic rings. The second kappa shape index (κ2) is 8.44. The molecule has 8 rings (SSSR count). The molecule has 0 aliphatic heterocycles. The van der Waals surface area contributed by atoms with Gasteiger partial charge >= 0.3 is 0 Å². The van der Waals surface area contributed by atoms with Crippen LogP contribution in [0.15, 0.2) is 140 Å². The molecule has 1 heterocycles. The SMILES string of the molecule is c1ccc2cc(N(c3ccc4sc5ccccc5c4c3)c3cc4ccccc4c4ccccc34)ccc2c1. The van der Waals surface area contributed by atoms with Crippen molar-refractivity contribution in [2.24, 2.45) is 0 Å². The van der Waals surface area contributed by atoms with Gasteiger partial charge in [-0.25, -0.2) is 0 Å². The molecule has 0 saturated carbocycles. The van der Waals surface area contributed by atoms with Crippen molar-refractivity contribution < 1.29 is 0 Å². The van der Waals surface area contributed by atoms with E-state index in [2.05, 4.69) is 144 Å². The zero-order valence-corrected chi connectivity index (χ0v) is 21.5. The summed E-state index contributed by atoms with van der Waals surface area (Å²) in [6, 6.07) is 50.9. The fraction of sp³-hybridized carbons (Fsp3) is 0. The monoisotopic (exact) mass is 501 g/mol. The Morgan fingerprint density at radius 1 is 0.368 bits per heavy atom. The Labute approximate surface area is 224 Å². The van der Waals surface area contributed by atoms with Gasteiger partial charge < -0.3 is 4.90 Å². The van der Waals surface area contributed by atoms with E-state index in [9.17, 15) is 0 Å². The van der Waals surface area contributed by atoms with Crippen molar-refractivity contribution in [3.05, 3.63) is 140 Å². The van der Waals surface area contributed by atoms with E-state index in [1.165, 1.54) is 58.2 Å². The maximum atomic E-state index is 2.44. The fourth-order valence-corrected chi connectivity index (χ4v) is 6.90. The first-order valence-corrected chi connectivity index (χ1v) is 13.8. The van der Waals surface area contributed by atoms with Crippen LogP contribution in [0.1, 0.15) is 0 Å². The van der Waals surface area contributed by atoms with Gasteiger partial charge in [-0.15, -0.1) is 11.3 Å². The minimum absolute atomic E-state index is 1.16. The zero-order valence-electron chi connectivity index (χ0n) is 20.6. The van der Waals surface area contributed by atoms with Gasteiger partial charge in [0.15, 0.2) is 0 Å². The minimum atomic E-state index is 1.16. The van der Waals surface area contributed by atoms with Crippen molar-refractivity contribution in [2.45, 2.75) is 0 Å². The van der Waals surface area contributed by atoms with Crippen LogP contribution in [-0.2, 0) is 0 Å². The Hall–Kier alpha value is -4.66. The van der Waals surface area contributed by atoms with Gasteiger partial charge in [-0.2, -0.15) is 0 Å². The molecule has 8 aromatic rings. The summed E-state index contributed by atoms with van der Waals surface area (Å²) >= 11 is 1.86. The molecule has 0 spiro atoms. The number of hydrogen-bond acceptors (Lipinski definition) is 2. The van der Waals surface area contributed by atoms with Crippen LogP contribution in [0.5, 0.6) is 0 Å². The maximum Gasteiger partial charge on any atom is 0.0546 e. The first-order chi connectivity index (χ1) is 18.8. The Balaban J connectivity index is 1.47. The second-order valence-electron chi connectivity index (χ2n) is 9.81. The van der Waals surface area contributed by atoms with E-state index in [4.69, 9.17) is 0 Å². The molecular weight excluding hydrogens is 478 g/mol. The average molecular weight is 502 g/mol. The Kier molecular flexibility index (Phi) is 4.76. The molecule has 2 heteroatoms. The average Bonchev–Trinajstić information content (AvgIpc) is 3.35. The summed E-state index contributed by atoms with van der Waals surface area (Å²) in [4.78, 5) is 2.44. The van der Waals surface area contributed by atoms with Crippen LogP contribution in [0.2, 0.25) is 0 Å². The molecular formula is C36H23NS. The second-order valence-corrected chi connectivity index (χ2v) is 10.9. The van der Waals surface area contributed by atoms with Gasteiger partial charge in [0.25, 0.3) is 0 Å². The number of rotatable bonds is 3. The molecule has 0 fully saturated rings. The molecule has 0 radical (unpaired) electrons. The van der Waals surface area contributed by atoms with Crippen molar-refractivity contribution >= 4 is 80.9 Å². The van der Waals surface area contributed by atoms with Gasteiger partial charge in [-0.1, -0.05) is 97.1 Å². The minimum Gasteiger partial charge on any atom is -0.310 e. The summed E-state index contributed by atoms with van der Waals surface area (Å²) in [6.07, 6.45) is 0. The highest BCUT2D eigenvalue weighted by molar-refractivity contribution is 7.25. The Morgan fingerprint density at radius 2 is 0.974 bits per heavy atom. The van der Waals surface area contributed by atoms with Crippen molar-refractivity contribution in [3.8, 4) is 0 Å². The number of fused-ring (bicyclic) bond motifs is 7.